The number of carbonyl (C=O) groups is 1. The van der Waals surface area contributed by atoms with Crippen LogP contribution in [-0.2, 0) is 4.79 Å². The van der Waals surface area contributed by atoms with Crippen LogP contribution in [0.1, 0.15) is 11.1 Å². The fourth-order valence-electron chi connectivity index (χ4n) is 0.992. The summed E-state index contributed by atoms with van der Waals surface area (Å²) in [6, 6.07) is 2.68. The molecular weight excluding hydrogens is 184 g/mol. The summed E-state index contributed by atoms with van der Waals surface area (Å²) in [5, 5.41) is 27.0. The molecule has 0 saturated carbocycles. The van der Waals surface area contributed by atoms with E-state index in [2.05, 4.69) is 0 Å². The van der Waals surface area contributed by atoms with Crippen LogP contribution in [0.2, 0.25) is 0 Å². The average Bonchev–Trinajstić information content (AvgIpc) is 2.09. The van der Waals surface area contributed by atoms with Gasteiger partial charge in [0, 0.05) is 11.6 Å². The maximum atomic E-state index is 10.2. The normalized spacial score (nSPS) is 10.6. The summed E-state index contributed by atoms with van der Waals surface area (Å²) < 4.78 is 0. The molecule has 0 aliphatic carbocycles. The lowest BCUT2D eigenvalue weighted by molar-refractivity contribution is -0.131. The Bertz CT molecular complexity index is 393. The molecule has 0 radical (unpaired) electrons. The molecule has 0 bridgehead atoms. The lowest BCUT2D eigenvalue weighted by atomic mass is 10.1. The second-order valence-corrected chi connectivity index (χ2v) is 2.87. The first-order chi connectivity index (χ1) is 6.50. The van der Waals surface area contributed by atoms with Gasteiger partial charge in [0.05, 0.1) is 0 Å². The molecule has 0 fully saturated rings. The van der Waals surface area contributed by atoms with Crippen LogP contribution in [-0.4, -0.2) is 21.3 Å². The van der Waals surface area contributed by atoms with Crippen molar-refractivity contribution in [2.75, 3.05) is 0 Å². The molecule has 0 atom stereocenters. The highest BCUT2D eigenvalue weighted by molar-refractivity contribution is 5.86. The monoisotopic (exact) mass is 194 g/mol. The molecule has 3 N–H and O–H groups in total. The number of carboxylic acid groups (broad SMARTS) is 1. The molecule has 0 saturated heterocycles. The average molecular weight is 194 g/mol. The molecule has 4 heteroatoms. The van der Waals surface area contributed by atoms with Gasteiger partial charge in [-0.2, -0.15) is 0 Å². The van der Waals surface area contributed by atoms with Gasteiger partial charge in [-0.15, -0.1) is 0 Å². The summed E-state index contributed by atoms with van der Waals surface area (Å²) in [5.41, 5.74) is 0.811. The van der Waals surface area contributed by atoms with Crippen LogP contribution in [0.5, 0.6) is 11.5 Å². The molecule has 0 amide bonds. The highest BCUT2D eigenvalue weighted by Crippen LogP contribution is 2.27. The fourth-order valence-corrected chi connectivity index (χ4v) is 0.992. The molecule has 0 aliphatic rings. The molecule has 4 nitrogen and oxygen atoms in total. The van der Waals surface area contributed by atoms with Crippen LogP contribution in [0.4, 0.5) is 0 Å². The van der Waals surface area contributed by atoms with Crippen molar-refractivity contribution in [2.24, 2.45) is 0 Å². The third kappa shape index (κ3) is 2.26. The molecule has 0 spiro atoms. The van der Waals surface area contributed by atoms with E-state index in [1.165, 1.54) is 18.2 Å². The van der Waals surface area contributed by atoms with Crippen molar-refractivity contribution >= 4 is 12.0 Å². The fraction of sp³-hybridized carbons (Fsp3) is 0.100. The van der Waals surface area contributed by atoms with E-state index in [0.29, 0.717) is 5.56 Å². The van der Waals surface area contributed by atoms with Crippen molar-refractivity contribution in [2.45, 2.75) is 6.92 Å². The van der Waals surface area contributed by atoms with Gasteiger partial charge in [0.25, 0.3) is 0 Å². The smallest absolute Gasteiger partial charge is 0.328 e. The van der Waals surface area contributed by atoms with E-state index in [-0.39, 0.29) is 17.1 Å². The summed E-state index contributed by atoms with van der Waals surface area (Å²) in [5.74, 6) is -1.14. The topological polar surface area (TPSA) is 77.8 Å². The van der Waals surface area contributed by atoms with Gasteiger partial charge in [0.2, 0.25) is 0 Å². The number of aromatic hydroxyl groups is 2. The standard InChI is InChI=1S/C10H10O4/c1-6-4-9(12)7(5-8(6)11)2-3-10(13)14/h2-5,11-12H,1H3,(H,13,14). The molecule has 14 heavy (non-hydrogen) atoms. The Kier molecular flexibility index (Phi) is 2.76. The quantitative estimate of drug-likeness (QED) is 0.492. The van der Waals surface area contributed by atoms with Gasteiger partial charge in [0.15, 0.2) is 0 Å². The second-order valence-electron chi connectivity index (χ2n) is 2.87. The maximum Gasteiger partial charge on any atom is 0.328 e. The van der Waals surface area contributed by atoms with Gasteiger partial charge in [0.1, 0.15) is 11.5 Å². The van der Waals surface area contributed by atoms with Crippen LogP contribution in [0.3, 0.4) is 0 Å². The first-order valence-corrected chi connectivity index (χ1v) is 3.94. The number of hydrogen-bond donors (Lipinski definition) is 3. The van der Waals surface area contributed by atoms with Crippen LogP contribution >= 0.6 is 0 Å². The number of phenolic OH excluding ortho intramolecular Hbond substituents is 2. The highest BCUT2D eigenvalue weighted by atomic mass is 16.4. The summed E-state index contributed by atoms with van der Waals surface area (Å²) in [4.78, 5) is 10.2. The molecule has 0 aliphatic heterocycles. The summed E-state index contributed by atoms with van der Waals surface area (Å²) in [6.07, 6.45) is 2.11. The van der Waals surface area contributed by atoms with Crippen molar-refractivity contribution in [1.29, 1.82) is 0 Å². The van der Waals surface area contributed by atoms with E-state index in [0.717, 1.165) is 6.08 Å². The van der Waals surface area contributed by atoms with Gasteiger partial charge in [-0.05, 0) is 30.7 Å². The predicted molar refractivity (Wildman–Crippen MR) is 51.2 cm³/mol. The lowest BCUT2D eigenvalue weighted by Gasteiger charge is -2.02. The number of carboxylic acids is 1. The summed E-state index contributed by atoms with van der Waals surface area (Å²) in [6.45, 7) is 1.64. The van der Waals surface area contributed by atoms with Gasteiger partial charge in [-0.25, -0.2) is 4.79 Å². The van der Waals surface area contributed by atoms with Gasteiger partial charge >= 0.3 is 5.97 Å². The van der Waals surface area contributed by atoms with Crippen LogP contribution in [0, 0.1) is 6.92 Å². The molecule has 1 rings (SSSR count). The third-order valence-corrected chi connectivity index (χ3v) is 1.75. The van der Waals surface area contributed by atoms with E-state index >= 15 is 0 Å². The van der Waals surface area contributed by atoms with Crippen molar-refractivity contribution < 1.29 is 20.1 Å². The third-order valence-electron chi connectivity index (χ3n) is 1.75. The number of rotatable bonds is 2. The van der Waals surface area contributed by atoms with Crippen molar-refractivity contribution in [1.82, 2.24) is 0 Å². The number of hydrogen-bond acceptors (Lipinski definition) is 3. The van der Waals surface area contributed by atoms with Crippen LogP contribution < -0.4 is 0 Å². The number of aryl methyl sites for hydroxylation is 1. The first kappa shape index (κ1) is 10.1. The van der Waals surface area contributed by atoms with E-state index in [4.69, 9.17) is 5.11 Å². The zero-order valence-electron chi connectivity index (χ0n) is 7.56. The predicted octanol–water partition coefficient (Wildman–Crippen LogP) is 1.50. The van der Waals surface area contributed by atoms with Crippen molar-refractivity contribution in [3.63, 3.8) is 0 Å². The van der Waals surface area contributed by atoms with Crippen molar-refractivity contribution in [3.8, 4) is 11.5 Å². The minimum atomic E-state index is -1.11. The Morgan fingerprint density at radius 1 is 1.29 bits per heavy atom. The Labute approximate surface area is 80.7 Å². The zero-order chi connectivity index (χ0) is 10.7. The van der Waals surface area contributed by atoms with E-state index in [1.54, 1.807) is 6.92 Å². The van der Waals surface area contributed by atoms with Crippen LogP contribution in [0.25, 0.3) is 6.08 Å². The molecule has 0 unspecified atom stereocenters. The molecular formula is C10H10O4. The van der Waals surface area contributed by atoms with E-state index in [9.17, 15) is 15.0 Å². The number of phenols is 2. The van der Waals surface area contributed by atoms with E-state index in [1.807, 2.05) is 0 Å². The van der Waals surface area contributed by atoms with E-state index < -0.39 is 5.97 Å². The number of benzene rings is 1. The van der Waals surface area contributed by atoms with Crippen LogP contribution in [0.15, 0.2) is 18.2 Å². The summed E-state index contributed by atoms with van der Waals surface area (Å²) >= 11 is 0. The highest BCUT2D eigenvalue weighted by Gasteiger charge is 2.03. The second kappa shape index (κ2) is 3.83. The lowest BCUT2D eigenvalue weighted by Crippen LogP contribution is -1.86. The molecule has 1 aromatic rings. The van der Waals surface area contributed by atoms with Gasteiger partial charge in [-0.1, -0.05) is 0 Å². The molecule has 0 heterocycles. The largest absolute Gasteiger partial charge is 0.508 e. The Hall–Kier alpha value is -1.97. The minimum Gasteiger partial charge on any atom is -0.508 e. The SMILES string of the molecule is Cc1cc(O)c(C=CC(=O)O)cc1O. The molecule has 74 valence electrons. The minimum absolute atomic E-state index is 0.0211. The molecule has 1 aromatic carbocycles. The molecule has 0 aromatic heterocycles. The van der Waals surface area contributed by atoms with Gasteiger partial charge in [-0.3, -0.25) is 0 Å². The Balaban J connectivity index is 3.10. The Morgan fingerprint density at radius 2 is 1.93 bits per heavy atom. The number of aliphatic carboxylic acids is 1. The van der Waals surface area contributed by atoms with Gasteiger partial charge < -0.3 is 15.3 Å². The zero-order valence-corrected chi connectivity index (χ0v) is 7.56. The van der Waals surface area contributed by atoms with Crippen molar-refractivity contribution in [3.05, 3.63) is 29.3 Å². The Morgan fingerprint density at radius 3 is 2.50 bits per heavy atom. The summed E-state index contributed by atoms with van der Waals surface area (Å²) in [7, 11) is 0. The first-order valence-electron chi connectivity index (χ1n) is 3.94. The maximum absolute atomic E-state index is 10.2.